The Morgan fingerprint density at radius 2 is 1.58 bits per heavy atom. The predicted molar refractivity (Wildman–Crippen MR) is 128 cm³/mol. The van der Waals surface area contributed by atoms with Crippen LogP contribution < -0.4 is 5.32 Å². The van der Waals surface area contributed by atoms with Crippen molar-refractivity contribution in [3.63, 3.8) is 0 Å². The van der Waals surface area contributed by atoms with Crippen molar-refractivity contribution in [2.45, 2.75) is 24.7 Å². The molecule has 33 heavy (non-hydrogen) atoms. The van der Waals surface area contributed by atoms with E-state index in [-0.39, 0.29) is 23.1 Å². The van der Waals surface area contributed by atoms with E-state index in [9.17, 15) is 18.0 Å². The van der Waals surface area contributed by atoms with Crippen molar-refractivity contribution in [3.05, 3.63) is 95.6 Å². The number of hydrogen-bond donors (Lipinski definition) is 1. The van der Waals surface area contributed by atoms with Gasteiger partial charge in [0.2, 0.25) is 15.9 Å². The second-order valence-electron chi connectivity index (χ2n) is 8.25. The zero-order valence-corrected chi connectivity index (χ0v) is 19.2. The fourth-order valence-electron chi connectivity index (χ4n) is 4.00. The number of aryl methyl sites for hydroxylation is 1. The van der Waals surface area contributed by atoms with Gasteiger partial charge in [0.25, 0.3) is 0 Å². The summed E-state index contributed by atoms with van der Waals surface area (Å²) in [6.07, 6.45) is 1.17. The Labute approximate surface area is 194 Å². The number of nitrogens with zero attached hydrogens (tertiary/aromatic N) is 1. The minimum Gasteiger partial charge on any atom is -0.325 e. The van der Waals surface area contributed by atoms with Crippen molar-refractivity contribution < 1.29 is 18.0 Å². The Balaban J connectivity index is 1.50. The van der Waals surface area contributed by atoms with Crippen LogP contribution in [0.2, 0.25) is 0 Å². The Hall–Kier alpha value is -3.29. The van der Waals surface area contributed by atoms with E-state index in [4.69, 9.17) is 0 Å². The molecular weight excluding hydrogens is 436 g/mol. The van der Waals surface area contributed by atoms with Gasteiger partial charge in [0.15, 0.2) is 5.78 Å². The first kappa shape index (κ1) is 22.9. The number of ketones is 1. The molecule has 4 rings (SSSR count). The average molecular weight is 463 g/mol. The van der Waals surface area contributed by atoms with Gasteiger partial charge in [-0.3, -0.25) is 9.59 Å². The summed E-state index contributed by atoms with van der Waals surface area (Å²) in [4.78, 5) is 26.3. The summed E-state index contributed by atoms with van der Waals surface area (Å²) in [5.41, 5.74) is 2.34. The number of anilines is 1. The second kappa shape index (κ2) is 9.68. The summed E-state index contributed by atoms with van der Waals surface area (Å²) in [5.74, 6) is -0.968. The third-order valence-corrected chi connectivity index (χ3v) is 7.76. The van der Waals surface area contributed by atoms with E-state index >= 15 is 0 Å². The number of rotatable bonds is 6. The van der Waals surface area contributed by atoms with Gasteiger partial charge in [-0.2, -0.15) is 4.31 Å². The highest BCUT2D eigenvalue weighted by atomic mass is 32.2. The van der Waals surface area contributed by atoms with E-state index in [1.54, 1.807) is 72.8 Å². The minimum absolute atomic E-state index is 0.108. The predicted octanol–water partition coefficient (Wildman–Crippen LogP) is 4.27. The number of carbonyl (C=O) groups excluding carboxylic acids is 2. The molecule has 1 aliphatic rings. The molecule has 1 saturated heterocycles. The number of para-hydroxylation sites is 1. The number of hydrogen-bond acceptors (Lipinski definition) is 4. The number of piperidine rings is 1. The lowest BCUT2D eigenvalue weighted by Crippen LogP contribution is -2.43. The number of carbonyl (C=O) groups is 2. The van der Waals surface area contributed by atoms with Gasteiger partial charge in [0, 0.05) is 24.2 Å². The molecule has 170 valence electrons. The van der Waals surface area contributed by atoms with Crippen LogP contribution in [-0.2, 0) is 14.8 Å². The van der Waals surface area contributed by atoms with Gasteiger partial charge in [-0.15, -0.1) is 0 Å². The van der Waals surface area contributed by atoms with E-state index in [1.165, 1.54) is 4.31 Å². The Morgan fingerprint density at radius 3 is 2.30 bits per heavy atom. The van der Waals surface area contributed by atoms with Crippen LogP contribution in [0.3, 0.4) is 0 Å². The third kappa shape index (κ3) is 5.05. The van der Waals surface area contributed by atoms with Gasteiger partial charge < -0.3 is 5.32 Å². The molecule has 0 spiro atoms. The van der Waals surface area contributed by atoms with Crippen molar-refractivity contribution in [2.24, 2.45) is 5.92 Å². The summed E-state index contributed by atoms with van der Waals surface area (Å²) in [7, 11) is -3.68. The molecule has 0 aromatic heterocycles. The van der Waals surface area contributed by atoms with Gasteiger partial charge in [0.1, 0.15) is 0 Å². The standard InChI is InChI=1S/C26H26N2O4S/c1-19-13-15-22(16-14-19)33(31,32)28-17-7-10-21(18-28)26(30)27-24-12-6-5-11-23(24)25(29)20-8-3-2-4-9-20/h2-6,8-9,11-16,21H,7,10,17-18H2,1H3,(H,27,30). The topological polar surface area (TPSA) is 83.6 Å². The van der Waals surface area contributed by atoms with E-state index in [0.717, 1.165) is 5.56 Å². The molecule has 7 heteroatoms. The molecule has 0 radical (unpaired) electrons. The van der Waals surface area contributed by atoms with Crippen LogP contribution in [0.25, 0.3) is 0 Å². The molecular formula is C26H26N2O4S. The van der Waals surface area contributed by atoms with Gasteiger partial charge in [0.05, 0.1) is 16.5 Å². The van der Waals surface area contributed by atoms with Crippen LogP contribution in [0.4, 0.5) is 5.69 Å². The van der Waals surface area contributed by atoms with Gasteiger partial charge in [-0.05, 0) is 44.0 Å². The van der Waals surface area contributed by atoms with Crippen molar-refractivity contribution in [3.8, 4) is 0 Å². The van der Waals surface area contributed by atoms with Crippen LogP contribution in [0.15, 0.2) is 83.8 Å². The van der Waals surface area contributed by atoms with Crippen molar-refractivity contribution in [1.82, 2.24) is 4.31 Å². The molecule has 1 aliphatic heterocycles. The number of amides is 1. The van der Waals surface area contributed by atoms with Crippen LogP contribution in [0.5, 0.6) is 0 Å². The highest BCUT2D eigenvalue weighted by Crippen LogP contribution is 2.26. The van der Waals surface area contributed by atoms with E-state index in [1.807, 2.05) is 13.0 Å². The monoisotopic (exact) mass is 462 g/mol. The first-order valence-electron chi connectivity index (χ1n) is 10.9. The largest absolute Gasteiger partial charge is 0.325 e. The first-order valence-corrected chi connectivity index (χ1v) is 12.4. The summed E-state index contributed by atoms with van der Waals surface area (Å²) >= 11 is 0. The smallest absolute Gasteiger partial charge is 0.243 e. The fraction of sp³-hybridized carbons (Fsp3) is 0.231. The lowest BCUT2D eigenvalue weighted by Gasteiger charge is -2.31. The number of sulfonamides is 1. The molecule has 6 nitrogen and oxygen atoms in total. The van der Waals surface area contributed by atoms with Crippen LogP contribution in [0, 0.1) is 12.8 Å². The summed E-state index contributed by atoms with van der Waals surface area (Å²) in [6, 6.07) is 22.5. The highest BCUT2D eigenvalue weighted by molar-refractivity contribution is 7.89. The molecule has 1 N–H and O–H groups in total. The van der Waals surface area contributed by atoms with Gasteiger partial charge in [-0.1, -0.05) is 60.2 Å². The molecule has 3 aromatic carbocycles. The Bertz CT molecular complexity index is 1250. The Morgan fingerprint density at radius 1 is 0.909 bits per heavy atom. The quantitative estimate of drug-likeness (QED) is 0.555. The minimum atomic E-state index is -3.68. The van der Waals surface area contributed by atoms with E-state index in [2.05, 4.69) is 5.32 Å². The third-order valence-electron chi connectivity index (χ3n) is 5.88. The number of nitrogens with one attached hydrogen (secondary N) is 1. The molecule has 1 heterocycles. The van der Waals surface area contributed by atoms with Crippen LogP contribution in [-0.4, -0.2) is 37.5 Å². The second-order valence-corrected chi connectivity index (χ2v) is 10.2. The SMILES string of the molecule is Cc1ccc(S(=O)(=O)N2CCCC(C(=O)Nc3ccccc3C(=O)c3ccccc3)C2)cc1. The zero-order valence-electron chi connectivity index (χ0n) is 18.4. The maximum absolute atomic E-state index is 13.1. The molecule has 1 amide bonds. The maximum atomic E-state index is 13.1. The van der Waals surface area contributed by atoms with Crippen molar-refractivity contribution >= 4 is 27.4 Å². The maximum Gasteiger partial charge on any atom is 0.243 e. The average Bonchev–Trinajstić information content (AvgIpc) is 2.85. The molecule has 1 atom stereocenters. The first-order chi connectivity index (χ1) is 15.9. The molecule has 0 aliphatic carbocycles. The normalized spacial score (nSPS) is 16.8. The molecule has 0 saturated carbocycles. The van der Waals surface area contributed by atoms with Gasteiger partial charge >= 0.3 is 0 Å². The molecule has 1 unspecified atom stereocenters. The fourth-order valence-corrected chi connectivity index (χ4v) is 5.53. The molecule has 1 fully saturated rings. The highest BCUT2D eigenvalue weighted by Gasteiger charge is 2.33. The van der Waals surface area contributed by atoms with E-state index in [0.29, 0.717) is 36.2 Å². The molecule has 0 bridgehead atoms. The van der Waals surface area contributed by atoms with Crippen molar-refractivity contribution in [2.75, 3.05) is 18.4 Å². The summed E-state index contributed by atoms with van der Waals surface area (Å²) < 4.78 is 27.5. The molecule has 3 aromatic rings. The van der Waals surface area contributed by atoms with Crippen LogP contribution >= 0.6 is 0 Å². The lowest BCUT2D eigenvalue weighted by atomic mass is 9.97. The van der Waals surface area contributed by atoms with Crippen molar-refractivity contribution in [1.29, 1.82) is 0 Å². The Kier molecular flexibility index (Phi) is 6.72. The number of benzene rings is 3. The lowest BCUT2D eigenvalue weighted by molar-refractivity contribution is -0.120. The van der Waals surface area contributed by atoms with Crippen LogP contribution in [0.1, 0.15) is 34.3 Å². The summed E-state index contributed by atoms with van der Waals surface area (Å²) in [5, 5.41) is 2.87. The summed E-state index contributed by atoms with van der Waals surface area (Å²) in [6.45, 7) is 2.39. The van der Waals surface area contributed by atoms with E-state index < -0.39 is 15.9 Å². The van der Waals surface area contributed by atoms with Gasteiger partial charge in [-0.25, -0.2) is 8.42 Å². The zero-order chi connectivity index (χ0) is 23.4.